The Bertz CT molecular complexity index is 541. The van der Waals surface area contributed by atoms with Crippen LogP contribution in [0.15, 0.2) is 12.3 Å². The minimum Gasteiger partial charge on any atom is -0.378 e. The second-order valence-electron chi connectivity index (χ2n) is 6.03. The molecule has 0 bridgehead atoms. The zero-order valence-electron chi connectivity index (χ0n) is 14.3. The van der Waals surface area contributed by atoms with Gasteiger partial charge in [0.15, 0.2) is 0 Å². The first kappa shape index (κ1) is 16.9. The molecule has 0 atom stereocenters. The van der Waals surface area contributed by atoms with Crippen LogP contribution in [0.5, 0.6) is 0 Å². The molecule has 2 aliphatic heterocycles. The quantitative estimate of drug-likeness (QED) is 0.805. The molecule has 24 heavy (non-hydrogen) atoms. The lowest BCUT2D eigenvalue weighted by Gasteiger charge is -2.36. The normalized spacial score (nSPS) is 19.4. The lowest BCUT2D eigenvalue weighted by Crippen LogP contribution is -2.51. The molecule has 3 rings (SSSR count). The molecule has 132 valence electrons. The number of nitrogens with zero attached hydrogens (tertiary/aromatic N) is 5. The van der Waals surface area contributed by atoms with Crippen LogP contribution in [0.3, 0.4) is 0 Å². The molecule has 2 saturated heterocycles. The zero-order chi connectivity index (χ0) is 16.8. The van der Waals surface area contributed by atoms with Crippen molar-refractivity contribution in [3.8, 4) is 0 Å². The molecule has 0 saturated carbocycles. The van der Waals surface area contributed by atoms with Crippen LogP contribution < -0.4 is 10.2 Å². The predicted octanol–water partition coefficient (Wildman–Crippen LogP) is -0.111. The van der Waals surface area contributed by atoms with Gasteiger partial charge in [0.2, 0.25) is 11.9 Å². The highest BCUT2D eigenvalue weighted by atomic mass is 16.5. The average molecular weight is 334 g/mol. The van der Waals surface area contributed by atoms with Crippen molar-refractivity contribution in [2.24, 2.45) is 0 Å². The topological polar surface area (TPSA) is 73.8 Å². The van der Waals surface area contributed by atoms with E-state index in [1.807, 2.05) is 17.9 Å². The minimum atomic E-state index is 0.206. The molecule has 0 aromatic carbocycles. The number of rotatable bonds is 5. The van der Waals surface area contributed by atoms with Crippen LogP contribution in [0.2, 0.25) is 0 Å². The van der Waals surface area contributed by atoms with Crippen molar-refractivity contribution in [1.82, 2.24) is 19.8 Å². The second kappa shape index (κ2) is 8.25. The Kier molecular flexibility index (Phi) is 5.81. The molecule has 2 aliphatic rings. The molecule has 0 spiro atoms. The number of piperazine rings is 1. The zero-order valence-corrected chi connectivity index (χ0v) is 14.3. The Morgan fingerprint density at radius 3 is 2.67 bits per heavy atom. The van der Waals surface area contributed by atoms with Gasteiger partial charge >= 0.3 is 0 Å². The average Bonchev–Trinajstić information content (AvgIpc) is 2.63. The number of nitrogens with one attached hydrogen (secondary N) is 1. The van der Waals surface area contributed by atoms with Crippen LogP contribution in [0.4, 0.5) is 11.8 Å². The molecule has 8 nitrogen and oxygen atoms in total. The van der Waals surface area contributed by atoms with Crippen LogP contribution >= 0.6 is 0 Å². The molecular weight excluding hydrogens is 308 g/mol. The van der Waals surface area contributed by atoms with E-state index in [0.29, 0.717) is 32.8 Å². The van der Waals surface area contributed by atoms with Crippen LogP contribution in [-0.2, 0) is 9.53 Å². The van der Waals surface area contributed by atoms with E-state index in [9.17, 15) is 4.79 Å². The molecule has 8 heteroatoms. The van der Waals surface area contributed by atoms with Gasteiger partial charge in [-0.2, -0.15) is 4.98 Å². The summed E-state index contributed by atoms with van der Waals surface area (Å²) in [6.07, 6.45) is 1.79. The summed E-state index contributed by atoms with van der Waals surface area (Å²) >= 11 is 0. The highest BCUT2D eigenvalue weighted by Gasteiger charge is 2.23. The number of hydrogen-bond acceptors (Lipinski definition) is 7. The van der Waals surface area contributed by atoms with E-state index in [-0.39, 0.29) is 5.91 Å². The number of ether oxygens (including phenoxy) is 1. The summed E-state index contributed by atoms with van der Waals surface area (Å²) in [4.78, 5) is 27.5. The van der Waals surface area contributed by atoms with Crippen molar-refractivity contribution in [2.75, 3.05) is 75.8 Å². The number of hydrogen-bond donors (Lipinski definition) is 1. The van der Waals surface area contributed by atoms with Crippen molar-refractivity contribution >= 4 is 17.7 Å². The highest BCUT2D eigenvalue weighted by molar-refractivity contribution is 5.78. The van der Waals surface area contributed by atoms with Gasteiger partial charge < -0.3 is 19.9 Å². The Morgan fingerprint density at radius 2 is 1.96 bits per heavy atom. The first-order valence-corrected chi connectivity index (χ1v) is 8.66. The first-order chi connectivity index (χ1) is 11.8. The summed E-state index contributed by atoms with van der Waals surface area (Å²) < 4.78 is 5.30. The van der Waals surface area contributed by atoms with E-state index in [2.05, 4.69) is 25.1 Å². The molecule has 1 aromatic rings. The van der Waals surface area contributed by atoms with Crippen LogP contribution in [0, 0.1) is 0 Å². The standard InChI is InChI=1S/C16H26N6O2/c1-2-17-14-3-4-18-16(19-14)22-7-5-20(6-8-22)13-15(23)21-9-11-24-12-10-21/h3-4H,2,5-13H2,1H3,(H,17,18,19). The summed E-state index contributed by atoms with van der Waals surface area (Å²) in [5.74, 6) is 1.82. The summed E-state index contributed by atoms with van der Waals surface area (Å²) in [7, 11) is 0. The number of amides is 1. The molecule has 3 heterocycles. The Morgan fingerprint density at radius 1 is 1.21 bits per heavy atom. The Labute approximate surface area is 142 Å². The lowest BCUT2D eigenvalue weighted by molar-refractivity contribution is -0.136. The monoisotopic (exact) mass is 334 g/mol. The third-order valence-electron chi connectivity index (χ3n) is 4.38. The number of morpholine rings is 1. The van der Waals surface area contributed by atoms with Gasteiger partial charge in [-0.15, -0.1) is 0 Å². The number of anilines is 2. The number of aromatic nitrogens is 2. The fourth-order valence-electron chi connectivity index (χ4n) is 2.99. The number of carbonyl (C=O) groups is 1. The molecule has 0 radical (unpaired) electrons. The van der Waals surface area contributed by atoms with E-state index in [4.69, 9.17) is 4.74 Å². The molecule has 1 aromatic heterocycles. The van der Waals surface area contributed by atoms with Crippen molar-refractivity contribution in [1.29, 1.82) is 0 Å². The van der Waals surface area contributed by atoms with Gasteiger partial charge in [0.05, 0.1) is 19.8 Å². The fourth-order valence-corrected chi connectivity index (χ4v) is 2.99. The van der Waals surface area contributed by atoms with Crippen LogP contribution in [-0.4, -0.2) is 91.2 Å². The van der Waals surface area contributed by atoms with Crippen molar-refractivity contribution in [3.05, 3.63) is 12.3 Å². The largest absolute Gasteiger partial charge is 0.378 e. The fraction of sp³-hybridized carbons (Fsp3) is 0.688. The van der Waals surface area contributed by atoms with Gasteiger partial charge in [0.25, 0.3) is 0 Å². The maximum atomic E-state index is 12.3. The van der Waals surface area contributed by atoms with E-state index in [1.165, 1.54) is 0 Å². The van der Waals surface area contributed by atoms with E-state index in [1.54, 1.807) is 6.20 Å². The summed E-state index contributed by atoms with van der Waals surface area (Å²) in [6.45, 7) is 9.49. The molecule has 1 amide bonds. The predicted molar refractivity (Wildman–Crippen MR) is 92.2 cm³/mol. The van der Waals surface area contributed by atoms with Gasteiger partial charge in [-0.05, 0) is 13.0 Å². The molecule has 1 N–H and O–H groups in total. The van der Waals surface area contributed by atoms with Crippen molar-refractivity contribution in [2.45, 2.75) is 6.92 Å². The Hall–Kier alpha value is -1.93. The van der Waals surface area contributed by atoms with E-state index >= 15 is 0 Å². The first-order valence-electron chi connectivity index (χ1n) is 8.66. The maximum absolute atomic E-state index is 12.3. The molecular formula is C16H26N6O2. The van der Waals surface area contributed by atoms with E-state index < -0.39 is 0 Å². The Balaban J connectivity index is 1.48. The summed E-state index contributed by atoms with van der Waals surface area (Å²) in [6, 6.07) is 1.88. The van der Waals surface area contributed by atoms with Crippen LogP contribution in [0.25, 0.3) is 0 Å². The van der Waals surface area contributed by atoms with Gasteiger partial charge in [0.1, 0.15) is 5.82 Å². The molecule has 0 unspecified atom stereocenters. The van der Waals surface area contributed by atoms with Gasteiger partial charge in [0, 0.05) is 52.0 Å². The van der Waals surface area contributed by atoms with Gasteiger partial charge in [-0.3, -0.25) is 9.69 Å². The van der Waals surface area contributed by atoms with Crippen molar-refractivity contribution < 1.29 is 9.53 Å². The van der Waals surface area contributed by atoms with Crippen LogP contribution in [0.1, 0.15) is 6.92 Å². The smallest absolute Gasteiger partial charge is 0.236 e. The van der Waals surface area contributed by atoms with E-state index in [0.717, 1.165) is 44.5 Å². The number of carbonyl (C=O) groups excluding carboxylic acids is 1. The van der Waals surface area contributed by atoms with Gasteiger partial charge in [-0.25, -0.2) is 4.98 Å². The van der Waals surface area contributed by atoms with Gasteiger partial charge in [-0.1, -0.05) is 0 Å². The maximum Gasteiger partial charge on any atom is 0.236 e. The molecule has 2 fully saturated rings. The van der Waals surface area contributed by atoms with Crippen molar-refractivity contribution in [3.63, 3.8) is 0 Å². The third-order valence-corrected chi connectivity index (χ3v) is 4.38. The lowest BCUT2D eigenvalue weighted by atomic mass is 10.3. The SMILES string of the molecule is CCNc1ccnc(N2CCN(CC(=O)N3CCOCC3)CC2)n1. The molecule has 0 aliphatic carbocycles. The minimum absolute atomic E-state index is 0.206. The second-order valence-corrected chi connectivity index (χ2v) is 6.03. The highest BCUT2D eigenvalue weighted by Crippen LogP contribution is 2.13. The third kappa shape index (κ3) is 4.33. The summed E-state index contributed by atoms with van der Waals surface area (Å²) in [5.41, 5.74) is 0. The summed E-state index contributed by atoms with van der Waals surface area (Å²) in [5, 5.41) is 3.21.